The zero-order valence-electron chi connectivity index (χ0n) is 9.15. The Morgan fingerprint density at radius 1 is 1.12 bits per heavy atom. The highest BCUT2D eigenvalue weighted by Gasteiger charge is 2.32. The summed E-state index contributed by atoms with van der Waals surface area (Å²) in [6, 6.07) is 9.97. The molecular weight excluding hydrogens is 232 g/mol. The first-order valence-electron chi connectivity index (χ1n) is 5.54. The van der Waals surface area contributed by atoms with Crippen LogP contribution >= 0.6 is 11.8 Å². The molecule has 3 rings (SSSR count). The fraction of sp³-hybridized carbons (Fsp3) is 0.231. The SMILES string of the molecule is OC1Cc2ccccc2C1Sc1ncccn1. The van der Waals surface area contributed by atoms with Crippen LogP contribution in [0.4, 0.5) is 0 Å². The third-order valence-electron chi connectivity index (χ3n) is 2.91. The second kappa shape index (κ2) is 4.47. The van der Waals surface area contributed by atoms with E-state index in [2.05, 4.69) is 22.1 Å². The van der Waals surface area contributed by atoms with Gasteiger partial charge in [0, 0.05) is 18.8 Å². The average molecular weight is 244 g/mol. The topological polar surface area (TPSA) is 46.0 Å². The molecule has 1 aliphatic carbocycles. The minimum absolute atomic E-state index is 0.0496. The maximum atomic E-state index is 10.1. The van der Waals surface area contributed by atoms with Crippen molar-refractivity contribution in [1.82, 2.24) is 9.97 Å². The summed E-state index contributed by atoms with van der Waals surface area (Å²) in [6.45, 7) is 0. The summed E-state index contributed by atoms with van der Waals surface area (Å²) >= 11 is 1.53. The monoisotopic (exact) mass is 244 g/mol. The molecule has 1 aliphatic rings. The van der Waals surface area contributed by atoms with Gasteiger partial charge < -0.3 is 5.11 Å². The van der Waals surface area contributed by atoms with E-state index in [0.717, 1.165) is 6.42 Å². The third kappa shape index (κ3) is 2.06. The maximum absolute atomic E-state index is 10.1. The second-order valence-corrected chi connectivity index (χ2v) is 5.15. The van der Waals surface area contributed by atoms with Crippen molar-refractivity contribution < 1.29 is 5.11 Å². The molecule has 0 radical (unpaired) electrons. The molecule has 0 bridgehead atoms. The van der Waals surface area contributed by atoms with E-state index in [1.165, 1.54) is 22.9 Å². The molecule has 0 fully saturated rings. The van der Waals surface area contributed by atoms with Gasteiger partial charge in [-0.2, -0.15) is 0 Å². The Morgan fingerprint density at radius 2 is 1.88 bits per heavy atom. The Labute approximate surface area is 104 Å². The highest BCUT2D eigenvalue weighted by atomic mass is 32.2. The second-order valence-electron chi connectivity index (χ2n) is 4.04. The van der Waals surface area contributed by atoms with E-state index in [1.54, 1.807) is 18.5 Å². The Bertz CT molecular complexity index is 518. The van der Waals surface area contributed by atoms with Gasteiger partial charge in [-0.05, 0) is 17.2 Å². The van der Waals surface area contributed by atoms with E-state index in [-0.39, 0.29) is 11.4 Å². The average Bonchev–Trinajstić information content (AvgIpc) is 2.68. The number of nitrogens with zero attached hydrogens (tertiary/aromatic N) is 2. The fourth-order valence-corrected chi connectivity index (χ4v) is 3.22. The van der Waals surface area contributed by atoms with Gasteiger partial charge in [0.25, 0.3) is 0 Å². The molecule has 0 spiro atoms. The smallest absolute Gasteiger partial charge is 0.188 e. The number of aliphatic hydroxyl groups is 1. The Balaban J connectivity index is 1.89. The number of fused-ring (bicyclic) bond motifs is 1. The van der Waals surface area contributed by atoms with Crippen LogP contribution in [0.3, 0.4) is 0 Å². The normalized spacial score (nSPS) is 22.4. The molecule has 2 unspecified atom stereocenters. The van der Waals surface area contributed by atoms with Gasteiger partial charge in [-0.15, -0.1) is 0 Å². The van der Waals surface area contributed by atoms with Gasteiger partial charge in [-0.3, -0.25) is 0 Å². The van der Waals surface area contributed by atoms with Crippen LogP contribution in [-0.2, 0) is 6.42 Å². The lowest BCUT2D eigenvalue weighted by Crippen LogP contribution is -2.10. The molecule has 0 saturated carbocycles. The highest BCUT2D eigenvalue weighted by Crippen LogP contribution is 2.43. The van der Waals surface area contributed by atoms with E-state index >= 15 is 0 Å². The van der Waals surface area contributed by atoms with E-state index in [0.29, 0.717) is 5.16 Å². The van der Waals surface area contributed by atoms with Crippen molar-refractivity contribution in [2.45, 2.75) is 22.9 Å². The van der Waals surface area contributed by atoms with Crippen LogP contribution in [0.1, 0.15) is 16.4 Å². The molecule has 1 N–H and O–H groups in total. The zero-order chi connectivity index (χ0) is 11.7. The van der Waals surface area contributed by atoms with Crippen molar-refractivity contribution in [3.05, 3.63) is 53.9 Å². The molecule has 86 valence electrons. The van der Waals surface area contributed by atoms with Crippen LogP contribution in [0.25, 0.3) is 0 Å². The Kier molecular flexibility index (Phi) is 2.82. The molecule has 2 atom stereocenters. The largest absolute Gasteiger partial charge is 0.391 e. The van der Waals surface area contributed by atoms with Crippen LogP contribution in [0, 0.1) is 0 Å². The van der Waals surface area contributed by atoms with E-state index in [4.69, 9.17) is 0 Å². The van der Waals surface area contributed by atoms with Gasteiger partial charge >= 0.3 is 0 Å². The van der Waals surface area contributed by atoms with Gasteiger partial charge in [-0.25, -0.2) is 9.97 Å². The molecule has 0 saturated heterocycles. The lowest BCUT2D eigenvalue weighted by atomic mass is 10.1. The summed E-state index contributed by atoms with van der Waals surface area (Å²) < 4.78 is 0. The number of rotatable bonds is 2. The van der Waals surface area contributed by atoms with Gasteiger partial charge in [-0.1, -0.05) is 36.0 Å². The maximum Gasteiger partial charge on any atom is 0.188 e. The number of hydrogen-bond acceptors (Lipinski definition) is 4. The summed E-state index contributed by atoms with van der Waals surface area (Å²) in [5.74, 6) is 0. The number of thioether (sulfide) groups is 1. The van der Waals surface area contributed by atoms with Crippen LogP contribution in [0.5, 0.6) is 0 Å². The first-order chi connectivity index (χ1) is 8.34. The van der Waals surface area contributed by atoms with Crippen LogP contribution in [0.15, 0.2) is 47.9 Å². The van der Waals surface area contributed by atoms with Crippen LogP contribution in [0.2, 0.25) is 0 Å². The number of benzene rings is 1. The number of aromatic nitrogens is 2. The molecule has 4 heteroatoms. The van der Waals surface area contributed by atoms with E-state index in [1.807, 2.05) is 12.1 Å². The molecule has 0 amide bonds. The predicted octanol–water partition coefficient (Wildman–Crippen LogP) is 2.23. The van der Waals surface area contributed by atoms with Gasteiger partial charge in [0.2, 0.25) is 0 Å². The van der Waals surface area contributed by atoms with Gasteiger partial charge in [0.1, 0.15) is 0 Å². The molecule has 1 aromatic carbocycles. The van der Waals surface area contributed by atoms with Crippen LogP contribution in [-0.4, -0.2) is 21.2 Å². The lowest BCUT2D eigenvalue weighted by Gasteiger charge is -2.13. The van der Waals surface area contributed by atoms with E-state index in [9.17, 15) is 5.11 Å². The lowest BCUT2D eigenvalue weighted by molar-refractivity contribution is 0.184. The first kappa shape index (κ1) is 10.7. The molecule has 2 aromatic rings. The minimum Gasteiger partial charge on any atom is -0.391 e. The van der Waals surface area contributed by atoms with Crippen molar-refractivity contribution in [3.8, 4) is 0 Å². The molecule has 0 aliphatic heterocycles. The number of hydrogen-bond donors (Lipinski definition) is 1. The molecule has 17 heavy (non-hydrogen) atoms. The zero-order valence-corrected chi connectivity index (χ0v) is 9.97. The van der Waals surface area contributed by atoms with E-state index < -0.39 is 0 Å². The summed E-state index contributed by atoms with van der Waals surface area (Å²) in [4.78, 5) is 8.38. The third-order valence-corrected chi connectivity index (χ3v) is 4.16. The molecule has 3 nitrogen and oxygen atoms in total. The standard InChI is InChI=1S/C13H12N2OS/c16-11-8-9-4-1-2-5-10(9)12(11)17-13-14-6-3-7-15-13/h1-7,11-12,16H,8H2. The fourth-order valence-electron chi connectivity index (χ4n) is 2.14. The summed E-state index contributed by atoms with van der Waals surface area (Å²) in [7, 11) is 0. The summed E-state index contributed by atoms with van der Waals surface area (Å²) in [5.41, 5.74) is 2.44. The molecular formula is C13H12N2OS. The Hall–Kier alpha value is -1.39. The summed E-state index contributed by atoms with van der Waals surface area (Å²) in [5, 5.41) is 10.9. The predicted molar refractivity (Wildman–Crippen MR) is 66.8 cm³/mol. The highest BCUT2D eigenvalue weighted by molar-refractivity contribution is 7.99. The van der Waals surface area contributed by atoms with Crippen molar-refractivity contribution in [2.75, 3.05) is 0 Å². The minimum atomic E-state index is -0.346. The molecule has 1 aromatic heterocycles. The Morgan fingerprint density at radius 3 is 2.71 bits per heavy atom. The van der Waals surface area contributed by atoms with Gasteiger partial charge in [0.05, 0.1) is 11.4 Å². The quantitative estimate of drug-likeness (QED) is 0.823. The van der Waals surface area contributed by atoms with Crippen molar-refractivity contribution in [3.63, 3.8) is 0 Å². The first-order valence-corrected chi connectivity index (χ1v) is 6.42. The van der Waals surface area contributed by atoms with Crippen LogP contribution < -0.4 is 0 Å². The van der Waals surface area contributed by atoms with Gasteiger partial charge in [0.15, 0.2) is 5.16 Å². The van der Waals surface area contributed by atoms with Crippen molar-refractivity contribution in [2.24, 2.45) is 0 Å². The molecule has 1 heterocycles. The van der Waals surface area contributed by atoms with Crippen molar-refractivity contribution >= 4 is 11.8 Å². The summed E-state index contributed by atoms with van der Waals surface area (Å²) in [6.07, 6.45) is 3.83. The van der Waals surface area contributed by atoms with Crippen molar-refractivity contribution in [1.29, 1.82) is 0 Å². The number of aliphatic hydroxyl groups excluding tert-OH is 1.